The molecule has 162 valence electrons. The second-order valence-electron chi connectivity index (χ2n) is 7.98. The smallest absolute Gasteiger partial charge is 0.308 e. The molecule has 0 N–H and O–H groups in total. The van der Waals surface area contributed by atoms with Gasteiger partial charge in [-0.25, -0.2) is 0 Å². The lowest BCUT2D eigenvalue weighted by molar-refractivity contribution is -0.175. The summed E-state index contributed by atoms with van der Waals surface area (Å²) in [6.45, 7) is 6.88. The van der Waals surface area contributed by atoms with Crippen molar-refractivity contribution in [2.24, 2.45) is 0 Å². The SMILES string of the molecule is CCCCCCCCCCCCCCCCCC(=O)OC(C)OCCCC. The highest BCUT2D eigenvalue weighted by molar-refractivity contribution is 5.69. The van der Waals surface area contributed by atoms with E-state index in [2.05, 4.69) is 13.8 Å². The quantitative estimate of drug-likeness (QED) is 0.114. The summed E-state index contributed by atoms with van der Waals surface area (Å²) in [5, 5.41) is 0. The largest absolute Gasteiger partial charge is 0.436 e. The molecule has 0 aliphatic rings. The van der Waals surface area contributed by atoms with Crippen molar-refractivity contribution in [3.05, 3.63) is 0 Å². The minimum Gasteiger partial charge on any atom is -0.436 e. The molecular formula is C24H48O3. The minimum atomic E-state index is -0.402. The maximum absolute atomic E-state index is 11.7. The van der Waals surface area contributed by atoms with Crippen molar-refractivity contribution in [3.8, 4) is 0 Å². The molecule has 0 radical (unpaired) electrons. The van der Waals surface area contributed by atoms with Gasteiger partial charge in [-0.1, -0.05) is 110 Å². The molecule has 0 bridgehead atoms. The zero-order chi connectivity index (χ0) is 20.0. The van der Waals surface area contributed by atoms with Crippen LogP contribution in [0, 0.1) is 0 Å². The molecule has 0 aliphatic heterocycles. The Balaban J connectivity index is 3.20. The molecule has 0 aromatic heterocycles. The minimum absolute atomic E-state index is 0.117. The van der Waals surface area contributed by atoms with Crippen molar-refractivity contribution in [3.63, 3.8) is 0 Å². The van der Waals surface area contributed by atoms with Crippen LogP contribution in [-0.4, -0.2) is 18.9 Å². The number of carbonyl (C=O) groups is 1. The average Bonchev–Trinajstić information content (AvgIpc) is 2.65. The Morgan fingerprint density at radius 3 is 1.48 bits per heavy atom. The van der Waals surface area contributed by atoms with Gasteiger partial charge >= 0.3 is 5.97 Å². The van der Waals surface area contributed by atoms with Gasteiger partial charge in [0.05, 0.1) is 6.61 Å². The van der Waals surface area contributed by atoms with Crippen molar-refractivity contribution in [2.45, 2.75) is 143 Å². The summed E-state index contributed by atoms with van der Waals surface area (Å²) in [6, 6.07) is 0. The van der Waals surface area contributed by atoms with Gasteiger partial charge in [-0.3, -0.25) is 4.79 Å². The van der Waals surface area contributed by atoms with E-state index in [1.165, 1.54) is 83.5 Å². The molecule has 0 aromatic carbocycles. The first-order valence-corrected chi connectivity index (χ1v) is 12.0. The molecule has 3 nitrogen and oxygen atoms in total. The first kappa shape index (κ1) is 26.4. The van der Waals surface area contributed by atoms with E-state index in [1.807, 2.05) is 0 Å². The van der Waals surface area contributed by atoms with Crippen LogP contribution in [-0.2, 0) is 14.3 Å². The molecular weight excluding hydrogens is 336 g/mol. The lowest BCUT2D eigenvalue weighted by Crippen LogP contribution is -2.18. The molecule has 0 heterocycles. The molecule has 0 saturated carbocycles. The van der Waals surface area contributed by atoms with Crippen LogP contribution in [0.15, 0.2) is 0 Å². The highest BCUT2D eigenvalue weighted by atomic mass is 16.7. The van der Waals surface area contributed by atoms with E-state index in [1.54, 1.807) is 6.92 Å². The maximum atomic E-state index is 11.7. The van der Waals surface area contributed by atoms with E-state index in [0.717, 1.165) is 25.7 Å². The molecule has 1 atom stereocenters. The fraction of sp³-hybridized carbons (Fsp3) is 0.958. The Labute approximate surface area is 170 Å². The summed E-state index contributed by atoms with van der Waals surface area (Å²) in [7, 11) is 0. The van der Waals surface area contributed by atoms with Gasteiger partial charge < -0.3 is 9.47 Å². The van der Waals surface area contributed by atoms with Gasteiger partial charge in [0.1, 0.15) is 0 Å². The number of hydrogen-bond acceptors (Lipinski definition) is 3. The molecule has 0 aromatic rings. The summed E-state index contributed by atoms with van der Waals surface area (Å²) >= 11 is 0. The fourth-order valence-corrected chi connectivity index (χ4v) is 3.31. The molecule has 27 heavy (non-hydrogen) atoms. The number of carbonyl (C=O) groups excluding carboxylic acids is 1. The number of ether oxygens (including phenoxy) is 2. The van der Waals surface area contributed by atoms with E-state index in [-0.39, 0.29) is 5.97 Å². The van der Waals surface area contributed by atoms with E-state index >= 15 is 0 Å². The van der Waals surface area contributed by atoms with Gasteiger partial charge in [0, 0.05) is 6.42 Å². The van der Waals surface area contributed by atoms with Crippen LogP contribution in [0.5, 0.6) is 0 Å². The second-order valence-corrected chi connectivity index (χ2v) is 7.98. The lowest BCUT2D eigenvalue weighted by Gasteiger charge is -2.13. The molecule has 1 unspecified atom stereocenters. The summed E-state index contributed by atoms with van der Waals surface area (Å²) in [6.07, 6.45) is 22.3. The van der Waals surface area contributed by atoms with Crippen LogP contribution in [0.3, 0.4) is 0 Å². The van der Waals surface area contributed by atoms with Crippen LogP contribution in [0.1, 0.15) is 136 Å². The topological polar surface area (TPSA) is 35.5 Å². The molecule has 0 rings (SSSR count). The van der Waals surface area contributed by atoms with Gasteiger partial charge in [0.15, 0.2) is 6.29 Å². The summed E-state index contributed by atoms with van der Waals surface area (Å²) in [5.74, 6) is -0.117. The van der Waals surface area contributed by atoms with Crippen LogP contribution in [0.25, 0.3) is 0 Å². The molecule has 3 heteroatoms. The highest BCUT2D eigenvalue weighted by Gasteiger charge is 2.08. The number of hydrogen-bond donors (Lipinski definition) is 0. The van der Waals surface area contributed by atoms with Crippen molar-refractivity contribution < 1.29 is 14.3 Å². The Hall–Kier alpha value is -0.570. The highest BCUT2D eigenvalue weighted by Crippen LogP contribution is 2.14. The molecule has 0 aliphatic carbocycles. The van der Waals surface area contributed by atoms with Gasteiger partial charge in [-0.15, -0.1) is 0 Å². The monoisotopic (exact) mass is 384 g/mol. The predicted octanol–water partition coefficient (Wildman–Crippen LogP) is 7.95. The van der Waals surface area contributed by atoms with Crippen LogP contribution in [0.2, 0.25) is 0 Å². The van der Waals surface area contributed by atoms with Gasteiger partial charge in [0.25, 0.3) is 0 Å². The molecule has 0 amide bonds. The first-order valence-electron chi connectivity index (χ1n) is 12.0. The summed E-state index contributed by atoms with van der Waals surface area (Å²) in [4.78, 5) is 11.7. The predicted molar refractivity (Wildman–Crippen MR) is 116 cm³/mol. The second kappa shape index (κ2) is 21.7. The van der Waals surface area contributed by atoms with Crippen molar-refractivity contribution in [1.82, 2.24) is 0 Å². The zero-order valence-corrected chi connectivity index (χ0v) is 18.7. The van der Waals surface area contributed by atoms with E-state index in [0.29, 0.717) is 13.0 Å². The summed E-state index contributed by atoms with van der Waals surface area (Å²) in [5.41, 5.74) is 0. The third-order valence-electron chi connectivity index (χ3n) is 5.13. The van der Waals surface area contributed by atoms with Crippen LogP contribution >= 0.6 is 0 Å². The van der Waals surface area contributed by atoms with Gasteiger partial charge in [0.2, 0.25) is 0 Å². The van der Waals surface area contributed by atoms with Gasteiger partial charge in [-0.2, -0.15) is 0 Å². The van der Waals surface area contributed by atoms with Crippen LogP contribution in [0.4, 0.5) is 0 Å². The number of esters is 1. The standard InChI is InChI=1S/C24H48O3/c1-4-6-8-9-10-11-12-13-14-15-16-17-18-19-20-21-24(25)27-23(3)26-22-7-5-2/h23H,4-22H2,1-3H3. The van der Waals surface area contributed by atoms with Crippen molar-refractivity contribution in [1.29, 1.82) is 0 Å². The van der Waals surface area contributed by atoms with Crippen LogP contribution < -0.4 is 0 Å². The lowest BCUT2D eigenvalue weighted by atomic mass is 10.0. The normalized spacial score (nSPS) is 12.3. The zero-order valence-electron chi connectivity index (χ0n) is 18.7. The Morgan fingerprint density at radius 1 is 0.630 bits per heavy atom. The van der Waals surface area contributed by atoms with E-state index in [4.69, 9.17) is 9.47 Å². The Kier molecular flexibility index (Phi) is 21.3. The van der Waals surface area contributed by atoms with E-state index in [9.17, 15) is 4.79 Å². The average molecular weight is 385 g/mol. The van der Waals surface area contributed by atoms with Gasteiger partial charge in [-0.05, 0) is 19.8 Å². The molecule has 0 saturated heterocycles. The number of unbranched alkanes of at least 4 members (excludes halogenated alkanes) is 15. The first-order chi connectivity index (χ1) is 13.2. The third kappa shape index (κ3) is 21.6. The molecule has 0 spiro atoms. The number of rotatable bonds is 21. The van der Waals surface area contributed by atoms with E-state index < -0.39 is 6.29 Å². The third-order valence-corrected chi connectivity index (χ3v) is 5.13. The maximum Gasteiger partial charge on any atom is 0.308 e. The summed E-state index contributed by atoms with van der Waals surface area (Å²) < 4.78 is 10.7. The Bertz CT molecular complexity index is 304. The fourth-order valence-electron chi connectivity index (χ4n) is 3.31. The van der Waals surface area contributed by atoms with Crippen molar-refractivity contribution >= 4 is 5.97 Å². The Morgan fingerprint density at radius 2 is 1.04 bits per heavy atom. The molecule has 0 fully saturated rings. The van der Waals surface area contributed by atoms with Crippen molar-refractivity contribution in [2.75, 3.05) is 6.61 Å².